The molecule has 0 aromatic heterocycles. The molecule has 1 saturated heterocycles. The predicted octanol–water partition coefficient (Wildman–Crippen LogP) is 1.81. The largest absolute Gasteiger partial charge is 0.454 e. The van der Waals surface area contributed by atoms with Crippen LogP contribution in [0.4, 0.5) is 0 Å². The highest BCUT2D eigenvalue weighted by Gasteiger charge is 2.30. The van der Waals surface area contributed by atoms with Crippen molar-refractivity contribution in [3.8, 4) is 11.5 Å². The third-order valence-corrected chi connectivity index (χ3v) is 4.93. The summed E-state index contributed by atoms with van der Waals surface area (Å²) in [7, 11) is 2.17. The van der Waals surface area contributed by atoms with Gasteiger partial charge in [0.25, 0.3) is 0 Å². The Balaban J connectivity index is 1.88. The number of fused-ring (bicyclic) bond motifs is 1. The van der Waals surface area contributed by atoms with Crippen LogP contribution < -0.4 is 15.2 Å². The minimum absolute atomic E-state index is 0.208. The number of piperazine rings is 1. The van der Waals surface area contributed by atoms with E-state index in [1.807, 2.05) is 0 Å². The van der Waals surface area contributed by atoms with Crippen molar-refractivity contribution in [3.63, 3.8) is 0 Å². The summed E-state index contributed by atoms with van der Waals surface area (Å²) in [5.41, 5.74) is 7.27. The average molecular weight is 356 g/mol. The number of ether oxygens (including phenoxy) is 2. The summed E-state index contributed by atoms with van der Waals surface area (Å²) in [4.78, 5) is 4.86. The number of nitrogens with zero attached hydrogens (tertiary/aromatic N) is 2. The summed E-state index contributed by atoms with van der Waals surface area (Å²) < 4.78 is 11.9. The van der Waals surface area contributed by atoms with E-state index in [4.69, 9.17) is 15.2 Å². The molecule has 2 aliphatic rings. The van der Waals surface area contributed by atoms with Crippen molar-refractivity contribution in [2.75, 3.05) is 40.0 Å². The Morgan fingerprint density at radius 1 is 1.38 bits per heavy atom. The van der Waals surface area contributed by atoms with Gasteiger partial charge in [0.2, 0.25) is 6.79 Å². The van der Waals surface area contributed by atoms with Gasteiger partial charge in [-0.1, -0.05) is 0 Å². The van der Waals surface area contributed by atoms with Gasteiger partial charge in [-0.25, -0.2) is 0 Å². The molecule has 116 valence electrons. The lowest BCUT2D eigenvalue weighted by Gasteiger charge is -2.42. The molecule has 1 aromatic carbocycles. The fourth-order valence-electron chi connectivity index (χ4n) is 3.26. The lowest BCUT2D eigenvalue weighted by Crippen LogP contribution is -2.52. The van der Waals surface area contributed by atoms with Gasteiger partial charge in [-0.2, -0.15) is 0 Å². The van der Waals surface area contributed by atoms with Crippen LogP contribution in [-0.4, -0.2) is 55.9 Å². The van der Waals surface area contributed by atoms with Crippen molar-refractivity contribution < 1.29 is 9.47 Å². The first kappa shape index (κ1) is 15.1. The topological polar surface area (TPSA) is 51.0 Å². The van der Waals surface area contributed by atoms with Gasteiger partial charge in [0.05, 0.1) is 4.47 Å². The van der Waals surface area contributed by atoms with E-state index in [-0.39, 0.29) is 12.8 Å². The van der Waals surface area contributed by atoms with E-state index < -0.39 is 0 Å². The van der Waals surface area contributed by atoms with Crippen LogP contribution in [0.25, 0.3) is 0 Å². The first-order chi connectivity index (χ1) is 10.1. The second-order valence-corrected chi connectivity index (χ2v) is 6.69. The molecule has 2 aliphatic heterocycles. The van der Waals surface area contributed by atoms with E-state index in [2.05, 4.69) is 51.8 Å². The highest BCUT2D eigenvalue weighted by molar-refractivity contribution is 9.10. The molecule has 0 saturated carbocycles. The third kappa shape index (κ3) is 2.90. The number of halogens is 1. The Morgan fingerprint density at radius 2 is 2.19 bits per heavy atom. The molecule has 0 spiro atoms. The Kier molecular flexibility index (Phi) is 4.40. The van der Waals surface area contributed by atoms with Crippen LogP contribution in [0.3, 0.4) is 0 Å². The van der Waals surface area contributed by atoms with Crippen molar-refractivity contribution in [3.05, 3.63) is 22.2 Å². The van der Waals surface area contributed by atoms with Crippen molar-refractivity contribution in [1.82, 2.24) is 9.80 Å². The fraction of sp³-hybridized carbons (Fsp3) is 0.600. The first-order valence-electron chi connectivity index (χ1n) is 7.33. The van der Waals surface area contributed by atoms with E-state index >= 15 is 0 Å². The molecule has 0 aliphatic carbocycles. The zero-order chi connectivity index (χ0) is 15.0. The van der Waals surface area contributed by atoms with E-state index in [9.17, 15) is 0 Å². The number of rotatable bonds is 3. The summed E-state index contributed by atoms with van der Waals surface area (Å²) in [6.45, 7) is 6.33. The van der Waals surface area contributed by atoms with Crippen molar-refractivity contribution >= 4 is 15.9 Å². The van der Waals surface area contributed by atoms with Gasteiger partial charge in [-0.15, -0.1) is 0 Å². The van der Waals surface area contributed by atoms with Gasteiger partial charge in [0, 0.05) is 38.3 Å². The molecule has 1 fully saturated rings. The van der Waals surface area contributed by atoms with Gasteiger partial charge in [0.15, 0.2) is 11.5 Å². The van der Waals surface area contributed by atoms with E-state index in [0.29, 0.717) is 12.6 Å². The average Bonchev–Trinajstić information content (AvgIpc) is 2.91. The normalized spacial score (nSPS) is 24.3. The minimum Gasteiger partial charge on any atom is -0.454 e. The maximum absolute atomic E-state index is 6.09. The van der Waals surface area contributed by atoms with E-state index in [1.54, 1.807) is 0 Å². The molecule has 5 nitrogen and oxygen atoms in total. The highest BCUT2D eigenvalue weighted by Crippen LogP contribution is 2.42. The second kappa shape index (κ2) is 6.12. The van der Waals surface area contributed by atoms with Gasteiger partial charge in [-0.3, -0.25) is 4.90 Å². The lowest BCUT2D eigenvalue weighted by molar-refractivity contribution is 0.0634. The van der Waals surface area contributed by atoms with Crippen LogP contribution in [0.2, 0.25) is 0 Å². The predicted molar refractivity (Wildman–Crippen MR) is 85.7 cm³/mol. The molecule has 6 heteroatoms. The molecule has 0 radical (unpaired) electrons. The molecular formula is C15H22BrN3O2. The summed E-state index contributed by atoms with van der Waals surface area (Å²) in [6.07, 6.45) is 0. The first-order valence-corrected chi connectivity index (χ1v) is 8.13. The van der Waals surface area contributed by atoms with Crippen LogP contribution in [0.15, 0.2) is 16.6 Å². The molecule has 0 bridgehead atoms. The quantitative estimate of drug-likeness (QED) is 0.895. The van der Waals surface area contributed by atoms with Crippen molar-refractivity contribution in [1.29, 1.82) is 0 Å². The zero-order valence-electron chi connectivity index (χ0n) is 12.5. The number of hydrogen-bond donors (Lipinski definition) is 1. The highest BCUT2D eigenvalue weighted by atomic mass is 79.9. The Bertz CT molecular complexity index is 526. The third-order valence-electron chi connectivity index (χ3n) is 4.34. The standard InChI is InChI=1S/C15H22BrN3O2/c1-10-8-18(2)3-4-19(10)13(7-17)11-5-12(16)15-14(6-11)20-9-21-15/h5-6,10,13H,3-4,7-9,17H2,1-2H3. The molecule has 2 N–H and O–H groups in total. The molecule has 2 atom stereocenters. The Morgan fingerprint density at radius 3 is 2.90 bits per heavy atom. The van der Waals surface area contributed by atoms with Crippen LogP contribution in [0, 0.1) is 0 Å². The minimum atomic E-state index is 0.208. The SMILES string of the molecule is CC1CN(C)CCN1C(CN)c1cc(Br)c2c(c1)OCO2. The monoisotopic (exact) mass is 355 g/mol. The van der Waals surface area contributed by atoms with Gasteiger partial charge in [0.1, 0.15) is 0 Å². The summed E-state index contributed by atoms with van der Waals surface area (Å²) in [5.74, 6) is 1.60. The van der Waals surface area contributed by atoms with Crippen LogP contribution in [0.5, 0.6) is 11.5 Å². The summed E-state index contributed by atoms with van der Waals surface area (Å²) >= 11 is 3.57. The zero-order valence-corrected chi connectivity index (χ0v) is 14.1. The fourth-order valence-corrected chi connectivity index (χ4v) is 3.83. The van der Waals surface area contributed by atoms with E-state index in [1.165, 1.54) is 5.56 Å². The second-order valence-electron chi connectivity index (χ2n) is 5.84. The van der Waals surface area contributed by atoms with Crippen LogP contribution in [-0.2, 0) is 0 Å². The van der Waals surface area contributed by atoms with Crippen molar-refractivity contribution in [2.24, 2.45) is 5.73 Å². The smallest absolute Gasteiger partial charge is 0.231 e. The summed E-state index contributed by atoms with van der Waals surface area (Å²) in [5, 5.41) is 0. The molecular weight excluding hydrogens is 334 g/mol. The maximum atomic E-state index is 6.09. The van der Waals surface area contributed by atoms with E-state index in [0.717, 1.165) is 35.6 Å². The number of likely N-dealkylation sites (N-methyl/N-ethyl adjacent to an activating group) is 1. The van der Waals surface area contributed by atoms with Crippen LogP contribution >= 0.6 is 15.9 Å². The molecule has 2 heterocycles. The van der Waals surface area contributed by atoms with Gasteiger partial charge < -0.3 is 20.1 Å². The lowest BCUT2D eigenvalue weighted by atomic mass is 10.0. The molecule has 21 heavy (non-hydrogen) atoms. The number of nitrogens with two attached hydrogens (primary N) is 1. The molecule has 0 amide bonds. The Hall–Kier alpha value is -0.820. The number of benzene rings is 1. The molecule has 1 aromatic rings. The van der Waals surface area contributed by atoms with Crippen molar-refractivity contribution in [2.45, 2.75) is 19.0 Å². The number of hydrogen-bond acceptors (Lipinski definition) is 5. The summed E-state index contributed by atoms with van der Waals surface area (Å²) in [6, 6.07) is 4.87. The Labute approximate surface area is 134 Å². The van der Waals surface area contributed by atoms with Crippen LogP contribution in [0.1, 0.15) is 18.5 Å². The molecule has 3 rings (SSSR count). The van der Waals surface area contributed by atoms with Gasteiger partial charge in [-0.05, 0) is 47.6 Å². The maximum Gasteiger partial charge on any atom is 0.231 e. The van der Waals surface area contributed by atoms with Gasteiger partial charge >= 0.3 is 0 Å². The molecule has 2 unspecified atom stereocenters.